The molecule has 12 heavy (non-hydrogen) atoms. The topological polar surface area (TPSA) is 46.5 Å². The first-order valence-corrected chi connectivity index (χ1v) is 4.04. The van der Waals surface area contributed by atoms with Crippen molar-refractivity contribution in [2.75, 3.05) is 7.11 Å². The van der Waals surface area contributed by atoms with Crippen LogP contribution in [0.1, 0.15) is 19.8 Å². The van der Waals surface area contributed by atoms with Crippen molar-refractivity contribution in [3.63, 3.8) is 0 Å². The van der Waals surface area contributed by atoms with Gasteiger partial charge < -0.3 is 14.6 Å². The van der Waals surface area contributed by atoms with Crippen LogP contribution in [0.25, 0.3) is 0 Å². The van der Waals surface area contributed by atoms with Crippen LogP contribution in [0.3, 0.4) is 0 Å². The van der Waals surface area contributed by atoms with E-state index in [4.69, 9.17) is 4.74 Å². The van der Waals surface area contributed by atoms with Crippen LogP contribution < -0.4 is 0 Å². The van der Waals surface area contributed by atoms with Crippen LogP contribution in [0.5, 0.6) is 0 Å². The summed E-state index contributed by atoms with van der Waals surface area (Å²) in [7, 11) is 1.52. The summed E-state index contributed by atoms with van der Waals surface area (Å²) in [5.74, 6) is 0.580. The van der Waals surface area contributed by atoms with Gasteiger partial charge in [0.1, 0.15) is 17.5 Å². The third-order valence-electron chi connectivity index (χ3n) is 2.46. The number of carbonyl (C=O) groups excluding carboxylic acids is 1. The largest absolute Gasteiger partial charge is 0.500 e. The van der Waals surface area contributed by atoms with E-state index < -0.39 is 11.5 Å². The summed E-state index contributed by atoms with van der Waals surface area (Å²) < 4.78 is 5.04. The highest BCUT2D eigenvalue weighted by molar-refractivity contribution is 5.65. The third kappa shape index (κ3) is 1.25. The number of carbonyl (C=O) groups is 1. The maximum atomic E-state index is 10.8. The molecule has 3 heteroatoms. The van der Waals surface area contributed by atoms with Crippen molar-refractivity contribution in [2.24, 2.45) is 5.41 Å². The van der Waals surface area contributed by atoms with Crippen LogP contribution in [0, 0.1) is 5.41 Å². The molecule has 0 amide bonds. The van der Waals surface area contributed by atoms with Gasteiger partial charge in [0.15, 0.2) is 0 Å². The van der Waals surface area contributed by atoms with E-state index in [0.717, 1.165) is 12.7 Å². The molecule has 0 aromatic heterocycles. The van der Waals surface area contributed by atoms with Crippen LogP contribution >= 0.6 is 0 Å². The molecule has 0 bridgehead atoms. The normalized spacial score (nSPS) is 35.6. The predicted molar refractivity (Wildman–Crippen MR) is 44.5 cm³/mol. The Hall–Kier alpha value is -0.830. The molecule has 68 valence electrons. The number of methoxy groups -OCH3 is 1. The number of rotatable bonds is 2. The van der Waals surface area contributed by atoms with Crippen molar-refractivity contribution in [2.45, 2.75) is 25.9 Å². The number of aliphatic hydroxyl groups excluding tert-OH is 1. The molecule has 0 fully saturated rings. The fourth-order valence-corrected chi connectivity index (χ4v) is 1.50. The Morgan fingerprint density at radius 3 is 2.92 bits per heavy atom. The van der Waals surface area contributed by atoms with Crippen LogP contribution in [-0.2, 0) is 9.53 Å². The van der Waals surface area contributed by atoms with Gasteiger partial charge in [-0.15, -0.1) is 0 Å². The minimum absolute atomic E-state index is 0.580. The lowest BCUT2D eigenvalue weighted by Crippen LogP contribution is -2.38. The second-order valence-corrected chi connectivity index (χ2v) is 3.27. The van der Waals surface area contributed by atoms with E-state index >= 15 is 0 Å². The molecule has 1 rings (SSSR count). The number of aliphatic hydroxyl groups is 1. The van der Waals surface area contributed by atoms with Crippen molar-refractivity contribution >= 4 is 6.29 Å². The summed E-state index contributed by atoms with van der Waals surface area (Å²) >= 11 is 0. The van der Waals surface area contributed by atoms with Gasteiger partial charge in [-0.25, -0.2) is 0 Å². The SMILES string of the molecule is COC1=CCCC(O)C1(C)C=O. The molecule has 2 atom stereocenters. The number of aldehydes is 1. The van der Waals surface area contributed by atoms with E-state index in [1.807, 2.05) is 6.08 Å². The first-order valence-electron chi connectivity index (χ1n) is 4.04. The fraction of sp³-hybridized carbons (Fsp3) is 0.667. The summed E-state index contributed by atoms with van der Waals surface area (Å²) in [6.07, 6.45) is 3.40. The molecule has 0 radical (unpaired) electrons. The van der Waals surface area contributed by atoms with E-state index in [1.54, 1.807) is 6.92 Å². The Kier molecular flexibility index (Phi) is 2.52. The highest BCUT2D eigenvalue weighted by Gasteiger charge is 2.39. The zero-order valence-corrected chi connectivity index (χ0v) is 7.41. The van der Waals surface area contributed by atoms with Crippen LogP contribution in [-0.4, -0.2) is 24.6 Å². The minimum Gasteiger partial charge on any atom is -0.500 e. The molecule has 1 aliphatic carbocycles. The van der Waals surface area contributed by atoms with E-state index in [9.17, 15) is 9.90 Å². The van der Waals surface area contributed by atoms with E-state index in [0.29, 0.717) is 12.2 Å². The standard InChI is InChI=1S/C9H14O3/c1-9(6-10)7(11)4-3-5-8(9)12-2/h5-7,11H,3-4H2,1-2H3. The lowest BCUT2D eigenvalue weighted by molar-refractivity contribution is -0.122. The molecule has 0 spiro atoms. The molecule has 0 heterocycles. The zero-order chi connectivity index (χ0) is 9.19. The predicted octanol–water partition coefficient (Wildman–Crippen LogP) is 0.877. The van der Waals surface area contributed by atoms with Gasteiger partial charge in [-0.3, -0.25) is 0 Å². The molecule has 0 saturated heterocycles. The number of ether oxygens (including phenoxy) is 1. The molecule has 0 saturated carbocycles. The Bertz CT molecular complexity index is 210. The highest BCUT2D eigenvalue weighted by atomic mass is 16.5. The average molecular weight is 170 g/mol. The first kappa shape index (κ1) is 9.26. The van der Waals surface area contributed by atoms with Crippen LogP contribution in [0.2, 0.25) is 0 Å². The number of hydrogen-bond donors (Lipinski definition) is 1. The van der Waals surface area contributed by atoms with Crippen molar-refractivity contribution < 1.29 is 14.6 Å². The van der Waals surface area contributed by atoms with E-state index in [-0.39, 0.29) is 0 Å². The third-order valence-corrected chi connectivity index (χ3v) is 2.46. The molecular weight excluding hydrogens is 156 g/mol. The fourth-order valence-electron chi connectivity index (χ4n) is 1.50. The lowest BCUT2D eigenvalue weighted by Gasteiger charge is -2.33. The van der Waals surface area contributed by atoms with Gasteiger partial charge in [0.05, 0.1) is 13.2 Å². The van der Waals surface area contributed by atoms with Gasteiger partial charge in [-0.2, -0.15) is 0 Å². The average Bonchev–Trinajstić information content (AvgIpc) is 2.10. The molecule has 1 aliphatic rings. The van der Waals surface area contributed by atoms with Crippen molar-refractivity contribution in [1.29, 1.82) is 0 Å². The van der Waals surface area contributed by atoms with Gasteiger partial charge in [-0.1, -0.05) is 0 Å². The minimum atomic E-state index is -0.840. The van der Waals surface area contributed by atoms with Gasteiger partial charge in [0, 0.05) is 0 Å². The van der Waals surface area contributed by atoms with E-state index in [1.165, 1.54) is 7.11 Å². The number of hydrogen-bond acceptors (Lipinski definition) is 3. The summed E-state index contributed by atoms with van der Waals surface area (Å²) in [5, 5.41) is 9.58. The molecule has 2 unspecified atom stereocenters. The molecule has 0 aromatic carbocycles. The molecule has 0 aromatic rings. The Morgan fingerprint density at radius 2 is 2.50 bits per heavy atom. The summed E-state index contributed by atoms with van der Waals surface area (Å²) in [6.45, 7) is 1.69. The molecule has 0 aliphatic heterocycles. The second-order valence-electron chi connectivity index (χ2n) is 3.27. The quantitative estimate of drug-likeness (QED) is 0.626. The maximum absolute atomic E-state index is 10.8. The van der Waals surface area contributed by atoms with Crippen molar-refractivity contribution in [3.8, 4) is 0 Å². The van der Waals surface area contributed by atoms with Crippen LogP contribution in [0.4, 0.5) is 0 Å². The second kappa shape index (κ2) is 3.27. The Labute approximate surface area is 72.0 Å². The van der Waals surface area contributed by atoms with Crippen molar-refractivity contribution in [1.82, 2.24) is 0 Å². The summed E-state index contributed by atoms with van der Waals surface area (Å²) in [5.41, 5.74) is -0.840. The Morgan fingerprint density at radius 1 is 1.83 bits per heavy atom. The van der Waals surface area contributed by atoms with Gasteiger partial charge in [0.2, 0.25) is 0 Å². The summed E-state index contributed by atoms with van der Waals surface area (Å²) in [4.78, 5) is 10.8. The smallest absolute Gasteiger partial charge is 0.136 e. The van der Waals surface area contributed by atoms with Gasteiger partial charge in [-0.05, 0) is 25.8 Å². The monoisotopic (exact) mass is 170 g/mol. The highest BCUT2D eigenvalue weighted by Crippen LogP contribution is 2.35. The maximum Gasteiger partial charge on any atom is 0.136 e. The van der Waals surface area contributed by atoms with Crippen molar-refractivity contribution in [3.05, 3.63) is 11.8 Å². The molecular formula is C9H14O3. The van der Waals surface area contributed by atoms with Crippen LogP contribution in [0.15, 0.2) is 11.8 Å². The summed E-state index contributed by atoms with van der Waals surface area (Å²) in [6, 6.07) is 0. The first-order chi connectivity index (χ1) is 5.65. The molecule has 3 nitrogen and oxygen atoms in total. The van der Waals surface area contributed by atoms with Gasteiger partial charge in [0.25, 0.3) is 0 Å². The number of allylic oxidation sites excluding steroid dienone is 1. The van der Waals surface area contributed by atoms with E-state index in [2.05, 4.69) is 0 Å². The molecule has 1 N–H and O–H groups in total. The zero-order valence-electron chi connectivity index (χ0n) is 7.41. The van der Waals surface area contributed by atoms with Gasteiger partial charge >= 0.3 is 0 Å². The Balaban J connectivity index is 2.96. The lowest BCUT2D eigenvalue weighted by atomic mass is 9.77.